The highest BCUT2D eigenvalue weighted by Crippen LogP contribution is 2.23. The second kappa shape index (κ2) is 9.72. The van der Waals surface area contributed by atoms with E-state index in [4.69, 9.17) is 9.47 Å². The van der Waals surface area contributed by atoms with E-state index in [9.17, 15) is 10.1 Å². The van der Waals surface area contributed by atoms with Gasteiger partial charge in [-0.15, -0.1) is 0 Å². The van der Waals surface area contributed by atoms with E-state index in [1.807, 2.05) is 19.1 Å². The average Bonchev–Trinajstić information content (AvgIpc) is 2.74. The Morgan fingerprint density at radius 3 is 3.07 bits per heavy atom. The van der Waals surface area contributed by atoms with Crippen LogP contribution in [0, 0.1) is 11.3 Å². The summed E-state index contributed by atoms with van der Waals surface area (Å²) in [5.41, 5.74) is 1.99. The van der Waals surface area contributed by atoms with Crippen molar-refractivity contribution in [2.24, 2.45) is 0 Å². The van der Waals surface area contributed by atoms with Gasteiger partial charge in [-0.1, -0.05) is 6.07 Å². The van der Waals surface area contributed by atoms with Crippen LogP contribution < -0.4 is 10.1 Å². The zero-order chi connectivity index (χ0) is 19.8. The molecule has 2 aromatic rings. The van der Waals surface area contributed by atoms with Gasteiger partial charge in [-0.25, -0.2) is 4.79 Å². The molecule has 7 heteroatoms. The number of amides is 2. The molecule has 1 fully saturated rings. The first-order chi connectivity index (χ1) is 13.7. The first-order valence-corrected chi connectivity index (χ1v) is 9.43. The highest BCUT2D eigenvalue weighted by molar-refractivity contribution is 5.89. The molecule has 0 unspecified atom stereocenters. The fraction of sp³-hybridized carbons (Fsp3) is 0.381. The second-order valence-corrected chi connectivity index (χ2v) is 6.57. The molecule has 2 amide bonds. The van der Waals surface area contributed by atoms with Crippen molar-refractivity contribution in [2.75, 3.05) is 25.0 Å². The van der Waals surface area contributed by atoms with E-state index in [2.05, 4.69) is 16.4 Å². The van der Waals surface area contributed by atoms with Gasteiger partial charge in [0.15, 0.2) is 0 Å². The first kappa shape index (κ1) is 19.6. The predicted octanol–water partition coefficient (Wildman–Crippen LogP) is 3.57. The Bertz CT molecular complexity index is 835. The Morgan fingerprint density at radius 1 is 1.43 bits per heavy atom. The van der Waals surface area contributed by atoms with E-state index >= 15 is 0 Å². The fourth-order valence-corrected chi connectivity index (χ4v) is 3.14. The molecule has 0 aliphatic carbocycles. The van der Waals surface area contributed by atoms with E-state index in [1.54, 1.807) is 35.5 Å². The number of nitrogens with one attached hydrogen (secondary N) is 1. The maximum Gasteiger partial charge on any atom is 0.321 e. The minimum atomic E-state index is -0.192. The number of nitriles is 1. The highest BCUT2D eigenvalue weighted by atomic mass is 16.5. The molecule has 1 N–H and O–H groups in total. The van der Waals surface area contributed by atoms with Crippen LogP contribution in [0.1, 0.15) is 30.9 Å². The van der Waals surface area contributed by atoms with Crippen molar-refractivity contribution < 1.29 is 14.3 Å². The van der Waals surface area contributed by atoms with Gasteiger partial charge in [-0.2, -0.15) is 5.26 Å². The number of urea groups is 1. The van der Waals surface area contributed by atoms with Crippen molar-refractivity contribution in [3.63, 3.8) is 0 Å². The molecule has 28 heavy (non-hydrogen) atoms. The molecule has 2 heterocycles. The molecule has 7 nitrogen and oxygen atoms in total. The lowest BCUT2D eigenvalue weighted by Gasteiger charge is -2.32. The molecule has 146 valence electrons. The number of carbonyl (C=O) groups excluding carboxylic acids is 1. The lowest BCUT2D eigenvalue weighted by molar-refractivity contribution is 0.000916. The quantitative estimate of drug-likeness (QED) is 0.828. The molecule has 1 aliphatic rings. The van der Waals surface area contributed by atoms with Crippen molar-refractivity contribution in [3.05, 3.63) is 53.9 Å². The molecule has 1 atom stereocenters. The zero-order valence-corrected chi connectivity index (χ0v) is 15.9. The summed E-state index contributed by atoms with van der Waals surface area (Å²) in [7, 11) is 0. The Labute approximate surface area is 164 Å². The minimum Gasteiger partial charge on any atom is -0.492 e. The molecule has 0 saturated carbocycles. The predicted molar refractivity (Wildman–Crippen MR) is 105 cm³/mol. The van der Waals surface area contributed by atoms with Crippen molar-refractivity contribution >= 4 is 11.7 Å². The van der Waals surface area contributed by atoms with Crippen molar-refractivity contribution in [1.82, 2.24) is 9.88 Å². The summed E-state index contributed by atoms with van der Waals surface area (Å²) in [6, 6.07) is 10.8. The molecule has 3 rings (SSSR count). The van der Waals surface area contributed by atoms with Crippen LogP contribution in [0.5, 0.6) is 5.75 Å². The van der Waals surface area contributed by atoms with Crippen LogP contribution in [0.2, 0.25) is 0 Å². The molecule has 1 aliphatic heterocycles. The Kier molecular flexibility index (Phi) is 6.82. The maximum atomic E-state index is 12.6. The third-order valence-electron chi connectivity index (χ3n) is 4.52. The molecule has 0 radical (unpaired) electrons. The van der Waals surface area contributed by atoms with Crippen molar-refractivity contribution in [1.29, 1.82) is 5.26 Å². The van der Waals surface area contributed by atoms with Gasteiger partial charge in [-0.3, -0.25) is 4.98 Å². The summed E-state index contributed by atoms with van der Waals surface area (Å²) in [5, 5.41) is 12.1. The normalized spacial score (nSPS) is 16.3. The summed E-state index contributed by atoms with van der Waals surface area (Å²) < 4.78 is 11.4. The molecule has 1 saturated heterocycles. The number of ether oxygens (including phenoxy) is 2. The van der Waals surface area contributed by atoms with Crippen LogP contribution >= 0.6 is 0 Å². The molecule has 1 aromatic heterocycles. The van der Waals surface area contributed by atoms with Gasteiger partial charge in [-0.05, 0) is 49.6 Å². The second-order valence-electron chi connectivity index (χ2n) is 6.57. The SMILES string of the molecule is CCOc1ccc(NC(=O)N2CCC[C@@H](OCc3cccnc3)C2)cc1C#N. The molecular weight excluding hydrogens is 356 g/mol. The number of piperidine rings is 1. The van der Waals surface area contributed by atoms with Crippen LogP contribution in [-0.2, 0) is 11.3 Å². The number of hydrogen-bond acceptors (Lipinski definition) is 5. The number of aromatic nitrogens is 1. The van der Waals surface area contributed by atoms with Gasteiger partial charge in [0.05, 0.1) is 24.9 Å². The van der Waals surface area contributed by atoms with E-state index in [0.717, 1.165) is 18.4 Å². The smallest absolute Gasteiger partial charge is 0.321 e. The number of benzene rings is 1. The monoisotopic (exact) mass is 380 g/mol. The Hall–Kier alpha value is -3.11. The standard InChI is InChI=1S/C21H24N4O3/c1-2-27-20-8-7-18(11-17(20)12-22)24-21(26)25-10-4-6-19(14-25)28-15-16-5-3-9-23-13-16/h3,5,7-9,11,13,19H,2,4,6,10,14-15H2,1H3,(H,24,26)/t19-/m1/s1. The third-order valence-corrected chi connectivity index (χ3v) is 4.52. The maximum absolute atomic E-state index is 12.6. The van der Waals surface area contributed by atoms with Gasteiger partial charge in [0, 0.05) is 31.2 Å². The zero-order valence-electron chi connectivity index (χ0n) is 15.9. The molecular formula is C21H24N4O3. The van der Waals surface area contributed by atoms with Crippen LogP contribution in [0.25, 0.3) is 0 Å². The molecule has 0 bridgehead atoms. The van der Waals surface area contributed by atoms with Crippen LogP contribution in [0.4, 0.5) is 10.5 Å². The number of nitrogens with zero attached hydrogens (tertiary/aromatic N) is 3. The summed E-state index contributed by atoms with van der Waals surface area (Å²) in [6.07, 6.45) is 5.32. The topological polar surface area (TPSA) is 87.5 Å². The van der Waals surface area contributed by atoms with Crippen LogP contribution in [0.15, 0.2) is 42.7 Å². The van der Waals surface area contributed by atoms with E-state index in [1.165, 1.54) is 0 Å². The summed E-state index contributed by atoms with van der Waals surface area (Å²) >= 11 is 0. The largest absolute Gasteiger partial charge is 0.492 e. The first-order valence-electron chi connectivity index (χ1n) is 9.43. The number of carbonyl (C=O) groups is 1. The third kappa shape index (κ3) is 5.21. The van der Waals surface area contributed by atoms with Crippen molar-refractivity contribution in [2.45, 2.75) is 32.5 Å². The lowest BCUT2D eigenvalue weighted by Crippen LogP contribution is -2.45. The van der Waals surface area contributed by atoms with E-state index in [0.29, 0.717) is 43.3 Å². The van der Waals surface area contributed by atoms with Gasteiger partial charge in [0.2, 0.25) is 0 Å². The number of rotatable bonds is 6. The number of hydrogen-bond donors (Lipinski definition) is 1. The minimum absolute atomic E-state index is 0.00490. The van der Waals surface area contributed by atoms with Crippen molar-refractivity contribution in [3.8, 4) is 11.8 Å². The number of likely N-dealkylation sites (tertiary alicyclic amines) is 1. The summed E-state index contributed by atoms with van der Waals surface area (Å²) in [6.45, 7) is 4.04. The Balaban J connectivity index is 1.56. The van der Waals surface area contributed by atoms with E-state index < -0.39 is 0 Å². The lowest BCUT2D eigenvalue weighted by atomic mass is 10.1. The van der Waals surface area contributed by atoms with E-state index in [-0.39, 0.29) is 12.1 Å². The molecule has 0 spiro atoms. The van der Waals surface area contributed by atoms with Gasteiger partial charge < -0.3 is 19.7 Å². The average molecular weight is 380 g/mol. The highest BCUT2D eigenvalue weighted by Gasteiger charge is 2.24. The van der Waals surface area contributed by atoms with Crippen LogP contribution in [0.3, 0.4) is 0 Å². The number of anilines is 1. The van der Waals surface area contributed by atoms with Gasteiger partial charge in [0.1, 0.15) is 11.8 Å². The summed E-state index contributed by atoms with van der Waals surface area (Å²) in [4.78, 5) is 18.5. The molecule has 1 aromatic carbocycles. The van der Waals surface area contributed by atoms with Crippen LogP contribution in [-0.4, -0.2) is 41.7 Å². The Morgan fingerprint density at radius 2 is 2.32 bits per heavy atom. The summed E-state index contributed by atoms with van der Waals surface area (Å²) in [5.74, 6) is 0.518. The number of pyridine rings is 1. The van der Waals surface area contributed by atoms with Gasteiger partial charge >= 0.3 is 6.03 Å². The fourth-order valence-electron chi connectivity index (χ4n) is 3.14. The van der Waals surface area contributed by atoms with Gasteiger partial charge in [0.25, 0.3) is 0 Å².